The number of allylic oxidation sites excluding steroid dienone is 2. The molecule has 7 unspecified atom stereocenters. The lowest BCUT2D eigenvalue weighted by molar-refractivity contribution is -0.165. The van der Waals surface area contributed by atoms with E-state index in [2.05, 4.69) is 6.92 Å². The molecule has 7 atom stereocenters. The van der Waals surface area contributed by atoms with E-state index < -0.39 is 22.8 Å². The highest BCUT2D eigenvalue weighted by Gasteiger charge is 2.81. The monoisotopic (exact) mass is 400 g/mol. The molecule has 0 radical (unpaired) electrons. The molecule has 0 aromatic heterocycles. The number of esters is 1. The average molecular weight is 400 g/mol. The van der Waals surface area contributed by atoms with E-state index in [4.69, 9.17) is 9.47 Å². The van der Waals surface area contributed by atoms with Crippen LogP contribution in [0, 0.1) is 22.7 Å². The Balaban J connectivity index is 1.49. The molecule has 1 heterocycles. The van der Waals surface area contributed by atoms with Gasteiger partial charge in [0.1, 0.15) is 11.2 Å². The van der Waals surface area contributed by atoms with Gasteiger partial charge in [-0.2, -0.15) is 0 Å². The number of Topliss-reactive ketones (excluding diaryl/α,β-unsaturated/α-hetero) is 1. The second-order valence-corrected chi connectivity index (χ2v) is 9.98. The normalized spacial score (nSPS) is 49.3. The van der Waals surface area contributed by atoms with Crippen LogP contribution in [-0.4, -0.2) is 46.6 Å². The minimum Gasteiger partial charge on any atom is -0.458 e. The molecule has 4 aliphatic carbocycles. The lowest BCUT2D eigenvalue weighted by Crippen LogP contribution is -2.61. The van der Waals surface area contributed by atoms with E-state index in [1.165, 1.54) is 6.92 Å². The Morgan fingerprint density at radius 1 is 1.28 bits per heavy atom. The van der Waals surface area contributed by atoms with E-state index in [0.29, 0.717) is 12.8 Å². The molecule has 0 aromatic rings. The van der Waals surface area contributed by atoms with Crippen LogP contribution in [0.2, 0.25) is 0 Å². The number of ketones is 2. The predicted molar refractivity (Wildman–Crippen MR) is 103 cm³/mol. The predicted octanol–water partition coefficient (Wildman–Crippen LogP) is 2.29. The van der Waals surface area contributed by atoms with Gasteiger partial charge in [0, 0.05) is 17.8 Å². The van der Waals surface area contributed by atoms with Crippen molar-refractivity contribution in [3.05, 3.63) is 23.8 Å². The molecular weight excluding hydrogens is 372 g/mol. The molecule has 5 aliphatic rings. The standard InChI is InChI=1S/C23H28O6/c1-13(24)28-12-18(26)22(27)9-7-16-17-5-4-14-10-15(25)6-8-20(14,2)23(17)19(29-23)11-21(16,22)3/h6,8,10,16-17,19,27H,4-5,7,9,11-12H2,1-3H3. The molecule has 156 valence electrons. The van der Waals surface area contributed by atoms with Crippen LogP contribution in [0.1, 0.15) is 52.9 Å². The van der Waals surface area contributed by atoms with Crippen LogP contribution in [-0.2, 0) is 23.9 Å². The Hall–Kier alpha value is -1.79. The van der Waals surface area contributed by atoms with Gasteiger partial charge in [0.25, 0.3) is 0 Å². The fourth-order valence-electron chi connectivity index (χ4n) is 7.40. The summed E-state index contributed by atoms with van der Waals surface area (Å²) in [5.74, 6) is -0.514. The van der Waals surface area contributed by atoms with E-state index >= 15 is 0 Å². The molecule has 4 fully saturated rings. The number of aliphatic hydroxyl groups is 1. The Bertz CT molecular complexity index is 888. The Morgan fingerprint density at radius 2 is 2.03 bits per heavy atom. The van der Waals surface area contributed by atoms with Crippen molar-refractivity contribution >= 4 is 17.5 Å². The molecule has 6 nitrogen and oxygen atoms in total. The molecular formula is C23H28O6. The number of ether oxygens (including phenoxy) is 2. The molecule has 1 saturated heterocycles. The average Bonchev–Trinajstić information content (AvgIpc) is 3.32. The number of carbonyl (C=O) groups is 3. The number of rotatable bonds is 3. The van der Waals surface area contributed by atoms with Crippen molar-refractivity contribution < 1.29 is 29.0 Å². The molecule has 1 spiro atoms. The zero-order valence-corrected chi connectivity index (χ0v) is 17.2. The number of hydrogen-bond acceptors (Lipinski definition) is 6. The topological polar surface area (TPSA) is 93.2 Å². The molecule has 1 N–H and O–H groups in total. The quantitative estimate of drug-likeness (QED) is 0.577. The minimum atomic E-state index is -1.50. The highest BCUT2D eigenvalue weighted by Crippen LogP contribution is 2.75. The van der Waals surface area contributed by atoms with E-state index in [1.807, 2.05) is 13.0 Å². The zero-order valence-electron chi connectivity index (χ0n) is 17.2. The first kappa shape index (κ1) is 19.2. The van der Waals surface area contributed by atoms with Gasteiger partial charge in [-0.05, 0) is 63.0 Å². The summed E-state index contributed by atoms with van der Waals surface area (Å²) in [5, 5.41) is 11.5. The van der Waals surface area contributed by atoms with Crippen LogP contribution in [0.15, 0.2) is 23.8 Å². The number of carbonyl (C=O) groups excluding carboxylic acids is 3. The second-order valence-electron chi connectivity index (χ2n) is 9.98. The molecule has 0 aromatic carbocycles. The first-order valence-corrected chi connectivity index (χ1v) is 10.6. The van der Waals surface area contributed by atoms with Gasteiger partial charge in [-0.1, -0.05) is 18.6 Å². The van der Waals surface area contributed by atoms with Crippen LogP contribution < -0.4 is 0 Å². The van der Waals surface area contributed by atoms with Gasteiger partial charge >= 0.3 is 5.97 Å². The van der Waals surface area contributed by atoms with E-state index in [1.54, 1.807) is 12.2 Å². The van der Waals surface area contributed by atoms with E-state index in [9.17, 15) is 19.5 Å². The summed E-state index contributed by atoms with van der Waals surface area (Å²) in [6.45, 7) is 5.06. The van der Waals surface area contributed by atoms with Crippen LogP contribution in [0.3, 0.4) is 0 Å². The molecule has 3 saturated carbocycles. The van der Waals surface area contributed by atoms with Crippen molar-refractivity contribution in [2.75, 3.05) is 6.61 Å². The summed E-state index contributed by atoms with van der Waals surface area (Å²) in [6, 6.07) is 0. The second kappa shape index (κ2) is 5.67. The van der Waals surface area contributed by atoms with Crippen LogP contribution in [0.4, 0.5) is 0 Å². The Morgan fingerprint density at radius 3 is 2.76 bits per heavy atom. The van der Waals surface area contributed by atoms with Gasteiger partial charge in [-0.3, -0.25) is 14.4 Å². The van der Waals surface area contributed by atoms with Crippen molar-refractivity contribution in [3.63, 3.8) is 0 Å². The van der Waals surface area contributed by atoms with Crippen LogP contribution in [0.5, 0.6) is 0 Å². The third kappa shape index (κ3) is 2.17. The van der Waals surface area contributed by atoms with Gasteiger partial charge < -0.3 is 14.6 Å². The van der Waals surface area contributed by atoms with Gasteiger partial charge in [-0.25, -0.2) is 0 Å². The summed E-state index contributed by atoms with van der Waals surface area (Å²) in [4.78, 5) is 36.0. The molecule has 0 bridgehead atoms. The fraction of sp³-hybridized carbons (Fsp3) is 0.696. The van der Waals surface area contributed by atoms with Crippen molar-refractivity contribution in [3.8, 4) is 0 Å². The molecule has 5 rings (SSSR count). The SMILES string of the molecule is CC(=O)OCC(=O)C1(O)CCC2C3CCC4=CC(=O)C=CC4(C)C34OC4CC21C. The van der Waals surface area contributed by atoms with Crippen molar-refractivity contribution in [1.29, 1.82) is 0 Å². The van der Waals surface area contributed by atoms with Crippen molar-refractivity contribution in [2.24, 2.45) is 22.7 Å². The Kier molecular flexibility index (Phi) is 3.75. The summed E-state index contributed by atoms with van der Waals surface area (Å²) < 4.78 is 11.4. The van der Waals surface area contributed by atoms with Crippen LogP contribution >= 0.6 is 0 Å². The summed E-state index contributed by atoms with van der Waals surface area (Å²) >= 11 is 0. The zero-order chi connectivity index (χ0) is 20.8. The largest absolute Gasteiger partial charge is 0.458 e. The van der Waals surface area contributed by atoms with Gasteiger partial charge in [0.15, 0.2) is 12.4 Å². The van der Waals surface area contributed by atoms with Crippen LogP contribution in [0.25, 0.3) is 0 Å². The number of epoxide rings is 1. The highest BCUT2D eigenvalue weighted by molar-refractivity contribution is 6.01. The maximum absolute atomic E-state index is 12.9. The molecule has 29 heavy (non-hydrogen) atoms. The molecule has 1 aliphatic heterocycles. The van der Waals surface area contributed by atoms with Crippen molar-refractivity contribution in [2.45, 2.75) is 70.2 Å². The third-order valence-corrected chi connectivity index (χ3v) is 8.95. The first-order valence-electron chi connectivity index (χ1n) is 10.6. The number of hydrogen-bond donors (Lipinski definition) is 1. The first-order chi connectivity index (χ1) is 13.6. The summed E-state index contributed by atoms with van der Waals surface area (Å²) in [7, 11) is 0. The summed E-state index contributed by atoms with van der Waals surface area (Å²) in [5.41, 5.74) is -1.61. The number of fused-ring (bicyclic) bond motifs is 3. The minimum absolute atomic E-state index is 0.0384. The maximum atomic E-state index is 12.9. The van der Waals surface area contributed by atoms with E-state index in [-0.39, 0.29) is 41.3 Å². The third-order valence-electron chi connectivity index (χ3n) is 8.95. The maximum Gasteiger partial charge on any atom is 0.303 e. The smallest absolute Gasteiger partial charge is 0.303 e. The van der Waals surface area contributed by atoms with Gasteiger partial charge in [0.2, 0.25) is 5.78 Å². The molecule has 0 amide bonds. The van der Waals surface area contributed by atoms with Gasteiger partial charge in [-0.15, -0.1) is 0 Å². The van der Waals surface area contributed by atoms with Gasteiger partial charge in [0.05, 0.1) is 6.10 Å². The lowest BCUT2D eigenvalue weighted by atomic mass is 9.47. The molecule has 6 heteroatoms. The van der Waals surface area contributed by atoms with E-state index in [0.717, 1.165) is 24.8 Å². The summed E-state index contributed by atoms with van der Waals surface area (Å²) in [6.07, 6.45) is 8.86. The van der Waals surface area contributed by atoms with Crippen molar-refractivity contribution in [1.82, 2.24) is 0 Å². The lowest BCUT2D eigenvalue weighted by Gasteiger charge is -2.55. The fourth-order valence-corrected chi connectivity index (χ4v) is 7.40. The highest BCUT2D eigenvalue weighted by atomic mass is 16.6. The Labute approximate surface area is 170 Å².